The van der Waals surface area contributed by atoms with E-state index in [1.807, 2.05) is 12.1 Å². The minimum absolute atomic E-state index is 0.391. The highest BCUT2D eigenvalue weighted by molar-refractivity contribution is 6.33. The minimum atomic E-state index is 0.391. The van der Waals surface area contributed by atoms with Gasteiger partial charge in [0.05, 0.1) is 34.6 Å². The zero-order valence-electron chi connectivity index (χ0n) is 19.0. The van der Waals surface area contributed by atoms with Crippen molar-refractivity contribution < 1.29 is 9.15 Å². The Morgan fingerprint density at radius 2 is 1.97 bits per heavy atom. The fourth-order valence-corrected chi connectivity index (χ4v) is 4.59. The van der Waals surface area contributed by atoms with Crippen LogP contribution < -0.4 is 10.1 Å². The third-order valence-corrected chi connectivity index (χ3v) is 6.53. The highest BCUT2D eigenvalue weighted by atomic mass is 35.5. The van der Waals surface area contributed by atoms with E-state index in [4.69, 9.17) is 20.8 Å². The molecule has 0 saturated carbocycles. The van der Waals surface area contributed by atoms with Gasteiger partial charge >= 0.3 is 0 Å². The Morgan fingerprint density at radius 1 is 1.12 bits per heavy atom. The third-order valence-electron chi connectivity index (χ3n) is 6.20. The molecule has 34 heavy (non-hydrogen) atoms. The van der Waals surface area contributed by atoms with Crippen LogP contribution in [0.2, 0.25) is 5.02 Å². The molecule has 4 aromatic rings. The van der Waals surface area contributed by atoms with E-state index in [2.05, 4.69) is 33.4 Å². The molecule has 0 aliphatic carbocycles. The molecule has 5 rings (SSSR count). The monoisotopic (exact) mass is 472 g/mol. The summed E-state index contributed by atoms with van der Waals surface area (Å²) in [7, 11) is 1.60. The lowest BCUT2D eigenvalue weighted by Gasteiger charge is -2.26. The number of piperidine rings is 1. The zero-order valence-corrected chi connectivity index (χ0v) is 19.7. The molecule has 1 N–H and O–H groups in total. The molecule has 2 aromatic heterocycles. The molecule has 1 fully saturated rings. The van der Waals surface area contributed by atoms with Crippen molar-refractivity contribution in [2.45, 2.75) is 25.8 Å². The van der Waals surface area contributed by atoms with Gasteiger partial charge in [0.1, 0.15) is 23.2 Å². The Labute approximate surface area is 203 Å². The van der Waals surface area contributed by atoms with Crippen molar-refractivity contribution in [2.75, 3.05) is 25.5 Å². The molecule has 0 radical (unpaired) electrons. The van der Waals surface area contributed by atoms with Crippen LogP contribution in [-0.4, -0.2) is 30.1 Å². The summed E-state index contributed by atoms with van der Waals surface area (Å²) in [4.78, 5) is 6.77. The predicted molar refractivity (Wildman–Crippen MR) is 135 cm³/mol. The Balaban J connectivity index is 1.51. The number of benzene rings is 2. The second kappa shape index (κ2) is 9.76. The van der Waals surface area contributed by atoms with E-state index in [0.29, 0.717) is 39.0 Å². The summed E-state index contributed by atoms with van der Waals surface area (Å²) in [5.41, 5.74) is 4.36. The first-order valence-corrected chi connectivity index (χ1v) is 11.8. The molecule has 1 aliphatic rings. The van der Waals surface area contributed by atoms with Crippen LogP contribution in [0.4, 0.5) is 11.4 Å². The number of fused-ring (bicyclic) bond motifs is 1. The quantitative estimate of drug-likeness (QED) is 0.334. The minimum Gasteiger partial charge on any atom is -0.497 e. The fourth-order valence-electron chi connectivity index (χ4n) is 4.43. The maximum absolute atomic E-state index is 9.75. The van der Waals surface area contributed by atoms with Crippen molar-refractivity contribution >= 4 is 33.9 Å². The predicted octanol–water partition coefficient (Wildman–Crippen LogP) is 6.76. The van der Waals surface area contributed by atoms with Crippen LogP contribution in [0, 0.1) is 11.3 Å². The van der Waals surface area contributed by atoms with Crippen LogP contribution in [0.25, 0.3) is 22.3 Å². The normalized spacial score (nSPS) is 14.1. The Kier molecular flexibility index (Phi) is 6.39. The van der Waals surface area contributed by atoms with Crippen molar-refractivity contribution in [3.63, 3.8) is 0 Å². The van der Waals surface area contributed by atoms with Gasteiger partial charge in [-0.1, -0.05) is 24.1 Å². The SMILES string of the molecule is COc1ccc(Cl)c(Nc2c(C#N)cncc2-c2cc3cc(CN4CCCCC4)ccc3o2)c1. The third kappa shape index (κ3) is 4.58. The summed E-state index contributed by atoms with van der Waals surface area (Å²) < 4.78 is 11.5. The molecule has 0 unspecified atom stereocenters. The Morgan fingerprint density at radius 3 is 2.76 bits per heavy atom. The molecule has 1 saturated heterocycles. The average Bonchev–Trinajstić information content (AvgIpc) is 3.29. The molecular weight excluding hydrogens is 448 g/mol. The number of pyridine rings is 1. The molecule has 0 amide bonds. The Bertz CT molecular complexity index is 1370. The number of ether oxygens (including phenoxy) is 1. The van der Waals surface area contributed by atoms with Gasteiger partial charge in [-0.05, 0) is 61.8 Å². The van der Waals surface area contributed by atoms with Crippen LogP contribution in [0.3, 0.4) is 0 Å². The smallest absolute Gasteiger partial charge is 0.139 e. The number of nitrogens with zero attached hydrogens (tertiary/aromatic N) is 3. The van der Waals surface area contributed by atoms with Gasteiger partial charge < -0.3 is 14.5 Å². The highest BCUT2D eigenvalue weighted by Gasteiger charge is 2.17. The zero-order chi connectivity index (χ0) is 23.5. The lowest BCUT2D eigenvalue weighted by molar-refractivity contribution is 0.221. The summed E-state index contributed by atoms with van der Waals surface area (Å²) in [6.45, 7) is 3.26. The molecule has 6 nitrogen and oxygen atoms in total. The summed E-state index contributed by atoms with van der Waals surface area (Å²) in [6, 6.07) is 15.9. The number of methoxy groups -OCH3 is 1. The van der Waals surface area contributed by atoms with Gasteiger partial charge in [-0.2, -0.15) is 5.26 Å². The van der Waals surface area contributed by atoms with Gasteiger partial charge in [-0.15, -0.1) is 0 Å². The molecular formula is C27H25ClN4O2. The van der Waals surface area contributed by atoms with Crippen LogP contribution in [0.1, 0.15) is 30.4 Å². The number of furan rings is 1. The first-order chi connectivity index (χ1) is 16.6. The number of halogens is 1. The number of nitrogens with one attached hydrogen (secondary N) is 1. The molecule has 2 aromatic carbocycles. The number of anilines is 2. The number of nitriles is 1. The maximum atomic E-state index is 9.75. The van der Waals surface area contributed by atoms with E-state index < -0.39 is 0 Å². The number of hydrogen-bond acceptors (Lipinski definition) is 6. The number of aromatic nitrogens is 1. The molecule has 7 heteroatoms. The van der Waals surface area contributed by atoms with Crippen molar-refractivity contribution in [1.29, 1.82) is 5.26 Å². The molecule has 172 valence electrons. The summed E-state index contributed by atoms with van der Waals surface area (Å²) in [6.07, 6.45) is 7.09. The second-order valence-corrected chi connectivity index (χ2v) is 8.92. The van der Waals surface area contributed by atoms with Crippen LogP contribution in [-0.2, 0) is 6.54 Å². The molecule has 1 aliphatic heterocycles. The fraction of sp³-hybridized carbons (Fsp3) is 0.259. The standard InChI is InChI=1S/C27H25ClN4O2/c1-33-21-6-7-23(28)24(13-21)31-27-20(14-29)15-30-16-22(27)26-12-19-11-18(5-8-25(19)34-26)17-32-9-3-2-4-10-32/h5-8,11-13,15-16H,2-4,9-10,17H2,1H3,(H,30,31). The second-order valence-electron chi connectivity index (χ2n) is 8.51. The average molecular weight is 473 g/mol. The number of rotatable bonds is 6. The van der Waals surface area contributed by atoms with Gasteiger partial charge in [0, 0.05) is 30.4 Å². The van der Waals surface area contributed by atoms with E-state index in [1.165, 1.54) is 31.0 Å². The van der Waals surface area contributed by atoms with Crippen molar-refractivity contribution in [3.05, 3.63) is 71.0 Å². The topological polar surface area (TPSA) is 74.3 Å². The van der Waals surface area contributed by atoms with Crippen molar-refractivity contribution in [1.82, 2.24) is 9.88 Å². The van der Waals surface area contributed by atoms with Crippen molar-refractivity contribution in [3.8, 4) is 23.1 Å². The molecule has 3 heterocycles. The molecule has 0 bridgehead atoms. The van der Waals surface area contributed by atoms with E-state index >= 15 is 0 Å². The van der Waals surface area contributed by atoms with E-state index in [0.717, 1.165) is 30.6 Å². The Hall–Kier alpha value is -3.53. The van der Waals surface area contributed by atoms with Gasteiger partial charge in [0.15, 0.2) is 0 Å². The number of hydrogen-bond donors (Lipinski definition) is 1. The van der Waals surface area contributed by atoms with E-state index in [1.54, 1.807) is 31.5 Å². The van der Waals surface area contributed by atoms with Crippen LogP contribution in [0.5, 0.6) is 5.75 Å². The van der Waals surface area contributed by atoms with Crippen LogP contribution >= 0.6 is 11.6 Å². The van der Waals surface area contributed by atoms with E-state index in [-0.39, 0.29) is 0 Å². The van der Waals surface area contributed by atoms with Gasteiger partial charge in [-0.25, -0.2) is 0 Å². The first kappa shape index (κ1) is 22.3. The lowest BCUT2D eigenvalue weighted by Crippen LogP contribution is -2.28. The maximum Gasteiger partial charge on any atom is 0.139 e. The van der Waals surface area contributed by atoms with E-state index in [9.17, 15) is 5.26 Å². The first-order valence-electron chi connectivity index (χ1n) is 11.4. The number of likely N-dealkylation sites (tertiary alicyclic amines) is 1. The summed E-state index contributed by atoms with van der Waals surface area (Å²) >= 11 is 6.41. The summed E-state index contributed by atoms with van der Waals surface area (Å²) in [5, 5.41) is 14.6. The van der Waals surface area contributed by atoms with Crippen LogP contribution in [0.15, 0.2) is 59.3 Å². The largest absolute Gasteiger partial charge is 0.497 e. The molecule has 0 spiro atoms. The van der Waals surface area contributed by atoms with Crippen molar-refractivity contribution in [2.24, 2.45) is 0 Å². The highest BCUT2D eigenvalue weighted by Crippen LogP contribution is 2.38. The van der Waals surface area contributed by atoms with Gasteiger partial charge in [0.2, 0.25) is 0 Å². The summed E-state index contributed by atoms with van der Waals surface area (Å²) in [5.74, 6) is 1.29. The van der Waals surface area contributed by atoms with Gasteiger partial charge in [-0.3, -0.25) is 9.88 Å². The molecule has 0 atom stereocenters. The van der Waals surface area contributed by atoms with Gasteiger partial charge in [0.25, 0.3) is 0 Å². The lowest BCUT2D eigenvalue weighted by atomic mass is 10.1.